The van der Waals surface area contributed by atoms with Crippen LogP contribution in [0.25, 0.3) is 0 Å². The van der Waals surface area contributed by atoms with Crippen LogP contribution in [0.2, 0.25) is 5.02 Å². The van der Waals surface area contributed by atoms with Crippen LogP contribution in [-0.2, 0) is 14.9 Å². The minimum absolute atomic E-state index is 0.0939. The number of benzene rings is 1. The summed E-state index contributed by atoms with van der Waals surface area (Å²) in [6, 6.07) is 7.67. The molecule has 1 N–H and O–H groups in total. The zero-order valence-electron chi connectivity index (χ0n) is 10.4. The Bertz CT molecular complexity index is 374. The van der Waals surface area contributed by atoms with E-state index >= 15 is 0 Å². The number of halogens is 1. The molecule has 1 amide bonds. The van der Waals surface area contributed by atoms with Crippen LogP contribution in [0.1, 0.15) is 19.4 Å². The third kappa shape index (κ3) is 4.36. The first-order valence-electron chi connectivity index (χ1n) is 5.47. The largest absolute Gasteiger partial charge is 0.375 e. The number of carbonyl (C=O) groups excluding carboxylic acids is 1. The molecule has 1 aromatic carbocycles. The summed E-state index contributed by atoms with van der Waals surface area (Å²) in [5, 5.41) is 3.56. The number of hydrogen-bond acceptors (Lipinski definition) is 2. The Morgan fingerprint density at radius 3 is 2.47 bits per heavy atom. The number of ether oxygens (including phenoxy) is 1. The van der Waals surface area contributed by atoms with E-state index in [0.717, 1.165) is 5.56 Å². The minimum atomic E-state index is -0.131. The SMILES string of the molecule is COCC(=O)NCC(C)(C)c1ccc(Cl)cc1. The van der Waals surface area contributed by atoms with Crippen LogP contribution >= 0.6 is 11.6 Å². The molecule has 0 saturated heterocycles. The highest BCUT2D eigenvalue weighted by atomic mass is 35.5. The average molecular weight is 256 g/mol. The van der Waals surface area contributed by atoms with Crippen LogP contribution in [0, 0.1) is 0 Å². The van der Waals surface area contributed by atoms with Gasteiger partial charge >= 0.3 is 0 Å². The number of amides is 1. The van der Waals surface area contributed by atoms with Crippen molar-refractivity contribution in [2.45, 2.75) is 19.3 Å². The molecule has 1 rings (SSSR count). The molecule has 0 atom stereocenters. The van der Waals surface area contributed by atoms with E-state index in [1.807, 2.05) is 24.3 Å². The highest BCUT2D eigenvalue weighted by Gasteiger charge is 2.21. The maximum atomic E-state index is 11.3. The number of nitrogens with one attached hydrogen (secondary N) is 1. The van der Waals surface area contributed by atoms with Gasteiger partial charge in [-0.15, -0.1) is 0 Å². The van der Waals surface area contributed by atoms with Crippen molar-refractivity contribution < 1.29 is 9.53 Å². The Morgan fingerprint density at radius 2 is 1.94 bits per heavy atom. The van der Waals surface area contributed by atoms with Gasteiger partial charge in [-0.2, -0.15) is 0 Å². The molecule has 0 bridgehead atoms. The van der Waals surface area contributed by atoms with Gasteiger partial charge in [-0.25, -0.2) is 0 Å². The van der Waals surface area contributed by atoms with Crippen LogP contribution < -0.4 is 5.32 Å². The quantitative estimate of drug-likeness (QED) is 0.877. The fourth-order valence-corrected chi connectivity index (χ4v) is 1.63. The molecular formula is C13H18ClNO2. The number of carbonyl (C=O) groups is 1. The Balaban J connectivity index is 2.61. The van der Waals surface area contributed by atoms with Crippen LogP contribution in [0.3, 0.4) is 0 Å². The van der Waals surface area contributed by atoms with Gasteiger partial charge in [0.25, 0.3) is 0 Å². The summed E-state index contributed by atoms with van der Waals surface area (Å²) in [5.74, 6) is -0.102. The van der Waals surface area contributed by atoms with Gasteiger partial charge in [0.1, 0.15) is 6.61 Å². The van der Waals surface area contributed by atoms with Crippen molar-refractivity contribution in [1.29, 1.82) is 0 Å². The molecule has 1 aromatic rings. The standard InChI is InChI=1S/C13H18ClNO2/c1-13(2,9-15-12(16)8-17-3)10-4-6-11(14)7-5-10/h4-7H,8-9H2,1-3H3,(H,15,16). The molecule has 3 nitrogen and oxygen atoms in total. The van der Waals surface area contributed by atoms with Gasteiger partial charge in [0.2, 0.25) is 5.91 Å². The molecular weight excluding hydrogens is 238 g/mol. The van der Waals surface area contributed by atoms with E-state index in [9.17, 15) is 4.79 Å². The van der Waals surface area contributed by atoms with Crippen molar-refractivity contribution >= 4 is 17.5 Å². The second-order valence-corrected chi connectivity index (χ2v) is 5.04. The highest BCUT2D eigenvalue weighted by molar-refractivity contribution is 6.30. The van der Waals surface area contributed by atoms with Gasteiger partial charge in [-0.1, -0.05) is 37.6 Å². The van der Waals surface area contributed by atoms with E-state index in [2.05, 4.69) is 19.2 Å². The molecule has 0 fully saturated rings. The van der Waals surface area contributed by atoms with E-state index in [1.165, 1.54) is 7.11 Å². The molecule has 0 radical (unpaired) electrons. The summed E-state index contributed by atoms with van der Waals surface area (Å²) in [4.78, 5) is 11.3. The van der Waals surface area contributed by atoms with E-state index in [4.69, 9.17) is 16.3 Å². The Hall–Kier alpha value is -1.06. The molecule has 0 aliphatic rings. The lowest BCUT2D eigenvalue weighted by molar-refractivity contribution is -0.124. The topological polar surface area (TPSA) is 38.3 Å². The molecule has 0 heterocycles. The Morgan fingerprint density at radius 1 is 1.35 bits per heavy atom. The number of hydrogen-bond donors (Lipinski definition) is 1. The van der Waals surface area contributed by atoms with Crippen LogP contribution in [0.15, 0.2) is 24.3 Å². The molecule has 0 aliphatic heterocycles. The summed E-state index contributed by atoms with van der Waals surface area (Å²) < 4.78 is 4.76. The normalized spacial score (nSPS) is 11.3. The zero-order valence-corrected chi connectivity index (χ0v) is 11.2. The van der Waals surface area contributed by atoms with Crippen LogP contribution in [0.4, 0.5) is 0 Å². The van der Waals surface area contributed by atoms with E-state index in [1.54, 1.807) is 0 Å². The molecule has 0 spiro atoms. The van der Waals surface area contributed by atoms with Gasteiger partial charge in [0, 0.05) is 24.1 Å². The summed E-state index contributed by atoms with van der Waals surface area (Å²) in [5.41, 5.74) is 1.01. The molecule has 0 saturated carbocycles. The summed E-state index contributed by atoms with van der Waals surface area (Å²) in [6.07, 6.45) is 0. The van der Waals surface area contributed by atoms with Crippen molar-refractivity contribution in [2.75, 3.05) is 20.3 Å². The van der Waals surface area contributed by atoms with E-state index in [-0.39, 0.29) is 17.9 Å². The lowest BCUT2D eigenvalue weighted by Crippen LogP contribution is -2.38. The highest BCUT2D eigenvalue weighted by Crippen LogP contribution is 2.23. The smallest absolute Gasteiger partial charge is 0.246 e. The fourth-order valence-electron chi connectivity index (χ4n) is 1.50. The lowest BCUT2D eigenvalue weighted by Gasteiger charge is -2.25. The summed E-state index contributed by atoms with van der Waals surface area (Å²) in [6.45, 7) is 4.81. The number of rotatable bonds is 5. The van der Waals surface area contributed by atoms with Crippen molar-refractivity contribution in [3.8, 4) is 0 Å². The predicted octanol–water partition coefficient (Wildman–Crippen LogP) is 2.38. The van der Waals surface area contributed by atoms with Gasteiger partial charge < -0.3 is 10.1 Å². The Kier molecular flexibility index (Phi) is 4.97. The maximum Gasteiger partial charge on any atom is 0.246 e. The molecule has 94 valence electrons. The van der Waals surface area contributed by atoms with Crippen molar-refractivity contribution in [3.05, 3.63) is 34.9 Å². The third-order valence-corrected chi connectivity index (χ3v) is 2.88. The fraction of sp³-hybridized carbons (Fsp3) is 0.462. The van der Waals surface area contributed by atoms with Gasteiger partial charge in [-0.05, 0) is 17.7 Å². The number of methoxy groups -OCH3 is 1. The molecule has 0 aliphatic carbocycles. The van der Waals surface area contributed by atoms with E-state index in [0.29, 0.717) is 11.6 Å². The van der Waals surface area contributed by atoms with Crippen LogP contribution in [-0.4, -0.2) is 26.2 Å². The van der Waals surface area contributed by atoms with E-state index < -0.39 is 0 Å². The van der Waals surface area contributed by atoms with Gasteiger partial charge in [0.15, 0.2) is 0 Å². The molecule has 0 unspecified atom stereocenters. The Labute approximate surface area is 107 Å². The molecule has 17 heavy (non-hydrogen) atoms. The molecule has 0 aromatic heterocycles. The third-order valence-electron chi connectivity index (χ3n) is 2.63. The minimum Gasteiger partial charge on any atom is -0.375 e. The van der Waals surface area contributed by atoms with Crippen molar-refractivity contribution in [3.63, 3.8) is 0 Å². The monoisotopic (exact) mass is 255 g/mol. The lowest BCUT2D eigenvalue weighted by atomic mass is 9.84. The van der Waals surface area contributed by atoms with Gasteiger partial charge in [0.05, 0.1) is 0 Å². The second kappa shape index (κ2) is 6.03. The zero-order chi connectivity index (χ0) is 12.9. The first-order chi connectivity index (χ1) is 7.95. The second-order valence-electron chi connectivity index (χ2n) is 4.60. The first-order valence-corrected chi connectivity index (χ1v) is 5.85. The van der Waals surface area contributed by atoms with Crippen molar-refractivity contribution in [2.24, 2.45) is 0 Å². The summed E-state index contributed by atoms with van der Waals surface area (Å²) in [7, 11) is 1.50. The van der Waals surface area contributed by atoms with Crippen molar-refractivity contribution in [1.82, 2.24) is 5.32 Å². The average Bonchev–Trinajstić information content (AvgIpc) is 2.28. The van der Waals surface area contributed by atoms with Gasteiger partial charge in [-0.3, -0.25) is 4.79 Å². The molecule has 4 heteroatoms. The summed E-state index contributed by atoms with van der Waals surface area (Å²) >= 11 is 5.84. The first kappa shape index (κ1) is 14.0. The predicted molar refractivity (Wildman–Crippen MR) is 69.4 cm³/mol. The maximum absolute atomic E-state index is 11.3. The van der Waals surface area contributed by atoms with Crippen LogP contribution in [0.5, 0.6) is 0 Å².